The van der Waals surface area contributed by atoms with Crippen LogP contribution in [0.25, 0.3) is 5.65 Å². The highest BCUT2D eigenvalue weighted by atomic mass is 19.1. The monoisotopic (exact) mass is 283 g/mol. The van der Waals surface area contributed by atoms with Gasteiger partial charge in [0.1, 0.15) is 11.5 Å². The molecule has 0 aliphatic heterocycles. The molecule has 0 spiro atoms. The van der Waals surface area contributed by atoms with E-state index < -0.39 is 0 Å². The lowest BCUT2D eigenvalue weighted by Crippen LogP contribution is -2.12. The molecule has 0 bridgehead atoms. The molecule has 0 amide bonds. The van der Waals surface area contributed by atoms with Crippen LogP contribution in [0.15, 0.2) is 42.5 Å². The number of hydrogen-bond donors (Lipinski definition) is 1. The maximum atomic E-state index is 13.0. The molecule has 3 nitrogen and oxygen atoms in total. The van der Waals surface area contributed by atoms with Gasteiger partial charge in [0.05, 0.1) is 11.4 Å². The summed E-state index contributed by atoms with van der Waals surface area (Å²) in [5.74, 6) is -0.225. The fraction of sp³-hybridized carbons (Fsp3) is 0.235. The minimum absolute atomic E-state index is 0.114. The number of aromatic nitrogens is 2. The molecule has 1 aromatic carbocycles. The lowest BCUT2D eigenvalue weighted by atomic mass is 10.1. The van der Waals surface area contributed by atoms with Crippen molar-refractivity contribution in [2.45, 2.75) is 26.3 Å². The van der Waals surface area contributed by atoms with Gasteiger partial charge in [0.2, 0.25) is 0 Å². The summed E-state index contributed by atoms with van der Waals surface area (Å²) < 4.78 is 15.1. The normalized spacial score (nSPS) is 12.8. The molecular formula is C17H18FN3. The molecule has 0 saturated carbocycles. The Hall–Kier alpha value is -2.20. The van der Waals surface area contributed by atoms with Crippen molar-refractivity contribution < 1.29 is 4.39 Å². The van der Waals surface area contributed by atoms with Crippen LogP contribution >= 0.6 is 0 Å². The number of imidazole rings is 1. The third kappa shape index (κ3) is 2.54. The molecule has 0 aliphatic rings. The van der Waals surface area contributed by atoms with Crippen LogP contribution in [0.1, 0.15) is 35.6 Å². The highest BCUT2D eigenvalue weighted by Crippen LogP contribution is 2.23. The second-order valence-electron chi connectivity index (χ2n) is 5.40. The van der Waals surface area contributed by atoms with Crippen molar-refractivity contribution in [3.05, 3.63) is 70.9 Å². The second-order valence-corrected chi connectivity index (χ2v) is 5.40. The van der Waals surface area contributed by atoms with Gasteiger partial charge in [-0.2, -0.15) is 0 Å². The van der Waals surface area contributed by atoms with Gasteiger partial charge in [-0.15, -0.1) is 0 Å². The maximum absolute atomic E-state index is 13.0. The van der Waals surface area contributed by atoms with E-state index in [4.69, 9.17) is 10.7 Å². The van der Waals surface area contributed by atoms with Gasteiger partial charge in [-0.05, 0) is 43.7 Å². The Labute approximate surface area is 123 Å². The zero-order chi connectivity index (χ0) is 15.0. The highest BCUT2D eigenvalue weighted by Gasteiger charge is 2.16. The Morgan fingerprint density at radius 1 is 1.19 bits per heavy atom. The summed E-state index contributed by atoms with van der Waals surface area (Å²) in [6, 6.07) is 12.4. The average Bonchev–Trinajstić information content (AvgIpc) is 2.81. The lowest BCUT2D eigenvalue weighted by molar-refractivity contribution is 0.627. The number of nitrogens with two attached hydrogens (primary N) is 1. The van der Waals surface area contributed by atoms with Gasteiger partial charge in [0.15, 0.2) is 0 Å². The molecule has 2 aromatic heterocycles. The van der Waals surface area contributed by atoms with Crippen LogP contribution in [0, 0.1) is 12.7 Å². The van der Waals surface area contributed by atoms with Gasteiger partial charge >= 0.3 is 0 Å². The molecule has 2 N–H and O–H groups in total. The molecule has 2 heterocycles. The van der Waals surface area contributed by atoms with Crippen LogP contribution in [0.2, 0.25) is 0 Å². The number of benzene rings is 1. The van der Waals surface area contributed by atoms with Crippen molar-refractivity contribution in [2.24, 2.45) is 5.73 Å². The van der Waals surface area contributed by atoms with Gasteiger partial charge in [0, 0.05) is 18.2 Å². The number of pyridine rings is 1. The zero-order valence-electron chi connectivity index (χ0n) is 12.2. The zero-order valence-corrected chi connectivity index (χ0v) is 12.2. The van der Waals surface area contributed by atoms with Crippen molar-refractivity contribution in [1.29, 1.82) is 0 Å². The first-order chi connectivity index (χ1) is 10.1. The predicted molar refractivity (Wildman–Crippen MR) is 81.7 cm³/mol. The van der Waals surface area contributed by atoms with E-state index in [1.165, 1.54) is 12.1 Å². The molecule has 1 unspecified atom stereocenters. The van der Waals surface area contributed by atoms with Crippen molar-refractivity contribution in [3.63, 3.8) is 0 Å². The summed E-state index contributed by atoms with van der Waals surface area (Å²) in [7, 11) is 0. The third-order valence-corrected chi connectivity index (χ3v) is 3.67. The largest absolute Gasteiger partial charge is 0.323 e. The van der Waals surface area contributed by atoms with E-state index in [2.05, 4.69) is 4.40 Å². The quantitative estimate of drug-likeness (QED) is 0.800. The molecule has 0 saturated heterocycles. The van der Waals surface area contributed by atoms with Gasteiger partial charge in [0.25, 0.3) is 0 Å². The average molecular weight is 283 g/mol. The lowest BCUT2D eigenvalue weighted by Gasteiger charge is -2.10. The van der Waals surface area contributed by atoms with Crippen molar-refractivity contribution in [3.8, 4) is 0 Å². The standard InChI is InChI=1S/C17H18FN3/c1-11-4-3-5-16-20-15(17(12(2)19)21(11)16)10-13-6-8-14(18)9-7-13/h3-9,12H,10,19H2,1-2H3. The van der Waals surface area contributed by atoms with Gasteiger partial charge in [-0.25, -0.2) is 9.37 Å². The minimum Gasteiger partial charge on any atom is -0.323 e. The first kappa shape index (κ1) is 13.8. The number of fused-ring (bicyclic) bond motifs is 1. The molecule has 3 rings (SSSR count). The van der Waals surface area contributed by atoms with E-state index in [1.807, 2.05) is 32.0 Å². The van der Waals surface area contributed by atoms with Crippen LogP contribution in [-0.2, 0) is 6.42 Å². The maximum Gasteiger partial charge on any atom is 0.137 e. The second kappa shape index (κ2) is 5.30. The van der Waals surface area contributed by atoms with E-state index >= 15 is 0 Å². The Morgan fingerprint density at radius 2 is 1.90 bits per heavy atom. The Morgan fingerprint density at radius 3 is 2.57 bits per heavy atom. The van der Waals surface area contributed by atoms with Gasteiger partial charge < -0.3 is 5.73 Å². The molecule has 0 aliphatic carbocycles. The summed E-state index contributed by atoms with van der Waals surface area (Å²) in [6.45, 7) is 4.01. The number of aryl methyl sites for hydroxylation is 1. The van der Waals surface area contributed by atoms with Gasteiger partial charge in [-0.3, -0.25) is 4.40 Å². The van der Waals surface area contributed by atoms with E-state index in [0.717, 1.165) is 28.3 Å². The summed E-state index contributed by atoms with van der Waals surface area (Å²) in [5, 5.41) is 0. The SMILES string of the molecule is Cc1cccc2nc(Cc3ccc(F)cc3)c(C(C)N)n12. The minimum atomic E-state index is -0.225. The molecule has 21 heavy (non-hydrogen) atoms. The molecule has 108 valence electrons. The van der Waals surface area contributed by atoms with E-state index in [-0.39, 0.29) is 11.9 Å². The number of rotatable bonds is 3. The van der Waals surface area contributed by atoms with E-state index in [9.17, 15) is 4.39 Å². The Balaban J connectivity index is 2.11. The van der Waals surface area contributed by atoms with E-state index in [1.54, 1.807) is 12.1 Å². The summed E-state index contributed by atoms with van der Waals surface area (Å²) in [6.07, 6.45) is 0.651. The smallest absolute Gasteiger partial charge is 0.137 e. The molecule has 0 radical (unpaired) electrons. The Bertz CT molecular complexity index is 773. The predicted octanol–water partition coefficient (Wildman–Crippen LogP) is 3.39. The molecule has 0 fully saturated rings. The van der Waals surface area contributed by atoms with Gasteiger partial charge in [-0.1, -0.05) is 18.2 Å². The van der Waals surface area contributed by atoms with Crippen LogP contribution < -0.4 is 5.73 Å². The van der Waals surface area contributed by atoms with E-state index in [0.29, 0.717) is 6.42 Å². The fourth-order valence-corrected chi connectivity index (χ4v) is 2.72. The van der Waals surface area contributed by atoms with Crippen LogP contribution in [-0.4, -0.2) is 9.38 Å². The summed E-state index contributed by atoms with van der Waals surface area (Å²) in [5.41, 5.74) is 11.2. The van der Waals surface area contributed by atoms with Crippen LogP contribution in [0.5, 0.6) is 0 Å². The molecule has 4 heteroatoms. The summed E-state index contributed by atoms with van der Waals surface area (Å²) >= 11 is 0. The Kier molecular flexibility index (Phi) is 3.47. The van der Waals surface area contributed by atoms with Crippen molar-refractivity contribution >= 4 is 5.65 Å². The van der Waals surface area contributed by atoms with Crippen molar-refractivity contribution in [2.75, 3.05) is 0 Å². The summed E-state index contributed by atoms with van der Waals surface area (Å²) in [4.78, 5) is 4.70. The van der Waals surface area contributed by atoms with Crippen LogP contribution in [0.4, 0.5) is 4.39 Å². The molecule has 3 aromatic rings. The topological polar surface area (TPSA) is 43.3 Å². The van der Waals surface area contributed by atoms with Crippen LogP contribution in [0.3, 0.4) is 0 Å². The molecular weight excluding hydrogens is 265 g/mol. The first-order valence-electron chi connectivity index (χ1n) is 7.03. The third-order valence-electron chi connectivity index (χ3n) is 3.67. The van der Waals surface area contributed by atoms with Crippen molar-refractivity contribution in [1.82, 2.24) is 9.38 Å². The highest BCUT2D eigenvalue weighted by molar-refractivity contribution is 5.47. The molecule has 1 atom stereocenters. The first-order valence-corrected chi connectivity index (χ1v) is 7.03. The fourth-order valence-electron chi connectivity index (χ4n) is 2.72. The number of nitrogens with zero attached hydrogens (tertiary/aromatic N) is 2. The number of hydrogen-bond acceptors (Lipinski definition) is 2. The number of halogens is 1.